The van der Waals surface area contributed by atoms with Gasteiger partial charge in [-0.25, -0.2) is 4.79 Å². The number of nitrogens with one attached hydrogen (secondary N) is 1. The number of aryl methyl sites for hydroxylation is 1. The van der Waals surface area contributed by atoms with E-state index in [1.54, 1.807) is 4.68 Å². The number of carbonyl (C=O) groups is 1. The Bertz CT molecular complexity index is 694. The second kappa shape index (κ2) is 3.69. The number of hydrogen-bond acceptors (Lipinski definition) is 3. The molecule has 6 nitrogen and oxygen atoms in total. The Morgan fingerprint density at radius 1 is 1.61 bits per heavy atom. The highest BCUT2D eigenvalue weighted by molar-refractivity contribution is 6.02. The molecule has 1 saturated carbocycles. The van der Waals surface area contributed by atoms with E-state index >= 15 is 0 Å². The monoisotopic (exact) mass is 247 g/mol. The van der Waals surface area contributed by atoms with Crippen molar-refractivity contribution in [3.8, 4) is 0 Å². The van der Waals surface area contributed by atoms with Crippen LogP contribution >= 0.6 is 0 Å². The second-order valence-corrected chi connectivity index (χ2v) is 4.55. The molecule has 2 aromatic heterocycles. The van der Waals surface area contributed by atoms with Crippen LogP contribution in [0.4, 0.5) is 0 Å². The molecule has 3 rings (SSSR count). The Morgan fingerprint density at radius 2 is 2.33 bits per heavy atom. The van der Waals surface area contributed by atoms with Crippen LogP contribution in [0.5, 0.6) is 0 Å². The van der Waals surface area contributed by atoms with Crippen LogP contribution in [0.25, 0.3) is 11.0 Å². The summed E-state index contributed by atoms with van der Waals surface area (Å²) in [4.78, 5) is 25.3. The third-order valence-electron chi connectivity index (χ3n) is 3.27. The van der Waals surface area contributed by atoms with Gasteiger partial charge in [0.2, 0.25) is 5.56 Å². The van der Waals surface area contributed by atoms with E-state index in [9.17, 15) is 14.7 Å². The SMILES string of the molecule is CCn1nc2[nH]c(=O)cc(C(=O)O)c2c1C1CC1. The molecule has 0 atom stereocenters. The minimum atomic E-state index is -1.08. The summed E-state index contributed by atoms with van der Waals surface area (Å²) in [6.07, 6.45) is 2.11. The van der Waals surface area contributed by atoms with Crippen molar-refractivity contribution in [2.24, 2.45) is 0 Å². The van der Waals surface area contributed by atoms with Crippen LogP contribution in [0.2, 0.25) is 0 Å². The molecule has 94 valence electrons. The van der Waals surface area contributed by atoms with Gasteiger partial charge in [-0.2, -0.15) is 5.10 Å². The summed E-state index contributed by atoms with van der Waals surface area (Å²) in [6.45, 7) is 2.62. The zero-order chi connectivity index (χ0) is 12.9. The van der Waals surface area contributed by atoms with Crippen molar-refractivity contribution in [1.82, 2.24) is 14.8 Å². The normalized spacial score (nSPS) is 15.2. The van der Waals surface area contributed by atoms with E-state index in [-0.39, 0.29) is 5.56 Å². The van der Waals surface area contributed by atoms with Gasteiger partial charge in [-0.05, 0) is 19.8 Å². The number of carboxylic acid groups (broad SMARTS) is 1. The zero-order valence-electron chi connectivity index (χ0n) is 9.93. The van der Waals surface area contributed by atoms with E-state index in [0.29, 0.717) is 23.5 Å². The van der Waals surface area contributed by atoms with Crippen molar-refractivity contribution in [1.29, 1.82) is 0 Å². The van der Waals surface area contributed by atoms with Gasteiger partial charge in [0.15, 0.2) is 5.65 Å². The van der Waals surface area contributed by atoms with E-state index < -0.39 is 11.5 Å². The van der Waals surface area contributed by atoms with Crippen molar-refractivity contribution >= 4 is 17.0 Å². The maximum Gasteiger partial charge on any atom is 0.336 e. The number of H-pyrrole nitrogens is 1. The van der Waals surface area contributed by atoms with Crippen molar-refractivity contribution < 1.29 is 9.90 Å². The summed E-state index contributed by atoms with van der Waals surface area (Å²) in [6, 6.07) is 1.14. The Kier molecular flexibility index (Phi) is 2.26. The van der Waals surface area contributed by atoms with Crippen LogP contribution in [0.1, 0.15) is 41.7 Å². The van der Waals surface area contributed by atoms with E-state index in [1.165, 1.54) is 0 Å². The first-order chi connectivity index (χ1) is 8.61. The van der Waals surface area contributed by atoms with Crippen LogP contribution in [0, 0.1) is 0 Å². The lowest BCUT2D eigenvalue weighted by Gasteiger charge is -2.03. The smallest absolute Gasteiger partial charge is 0.336 e. The Hall–Kier alpha value is -2.11. The molecule has 0 spiro atoms. The van der Waals surface area contributed by atoms with Crippen molar-refractivity contribution in [3.63, 3.8) is 0 Å². The fourth-order valence-electron chi connectivity index (χ4n) is 2.37. The van der Waals surface area contributed by atoms with Gasteiger partial charge in [0.05, 0.1) is 16.6 Å². The molecule has 0 aromatic carbocycles. The first-order valence-corrected chi connectivity index (χ1v) is 5.98. The van der Waals surface area contributed by atoms with Crippen LogP contribution in [0.15, 0.2) is 10.9 Å². The number of carboxylic acids is 1. The highest BCUT2D eigenvalue weighted by Crippen LogP contribution is 2.43. The minimum Gasteiger partial charge on any atom is -0.478 e. The highest BCUT2D eigenvalue weighted by atomic mass is 16.4. The number of aromatic amines is 1. The standard InChI is InChI=1S/C12H13N3O3/c1-2-15-10(6-3-4-6)9-7(12(17)18)5-8(16)13-11(9)14-15/h5-6H,2-4H2,1H3,(H,17,18)(H,13,14,16). The van der Waals surface area contributed by atoms with Gasteiger partial charge in [-0.1, -0.05) is 0 Å². The Balaban J connectivity index is 2.42. The Labute approximate surface area is 102 Å². The number of fused-ring (bicyclic) bond motifs is 1. The summed E-state index contributed by atoms with van der Waals surface area (Å²) < 4.78 is 1.80. The molecule has 1 fully saturated rings. The van der Waals surface area contributed by atoms with Gasteiger partial charge in [0.25, 0.3) is 0 Å². The van der Waals surface area contributed by atoms with Gasteiger partial charge < -0.3 is 10.1 Å². The number of aromatic nitrogens is 3. The van der Waals surface area contributed by atoms with Crippen LogP contribution in [-0.4, -0.2) is 25.8 Å². The molecule has 6 heteroatoms. The minimum absolute atomic E-state index is 0.0513. The molecular formula is C12H13N3O3. The second-order valence-electron chi connectivity index (χ2n) is 4.55. The number of pyridine rings is 1. The topological polar surface area (TPSA) is 88.0 Å². The van der Waals surface area contributed by atoms with Gasteiger partial charge in [0, 0.05) is 18.5 Å². The third kappa shape index (κ3) is 1.53. The molecule has 2 heterocycles. The molecule has 1 aliphatic carbocycles. The molecule has 0 saturated heterocycles. The molecule has 18 heavy (non-hydrogen) atoms. The molecule has 0 amide bonds. The first-order valence-electron chi connectivity index (χ1n) is 5.98. The number of hydrogen-bond donors (Lipinski definition) is 2. The summed E-state index contributed by atoms with van der Waals surface area (Å²) in [5.41, 5.74) is 0.947. The van der Waals surface area contributed by atoms with Gasteiger partial charge in [-0.15, -0.1) is 0 Å². The van der Waals surface area contributed by atoms with E-state index in [2.05, 4.69) is 10.1 Å². The van der Waals surface area contributed by atoms with Gasteiger partial charge in [-0.3, -0.25) is 9.48 Å². The van der Waals surface area contributed by atoms with E-state index in [4.69, 9.17) is 0 Å². The fraction of sp³-hybridized carbons (Fsp3) is 0.417. The summed E-state index contributed by atoms with van der Waals surface area (Å²) in [5.74, 6) is -0.706. The zero-order valence-corrected chi connectivity index (χ0v) is 9.93. The number of rotatable bonds is 3. The first kappa shape index (κ1) is 11.0. The molecule has 2 aromatic rings. The Morgan fingerprint density at radius 3 is 2.89 bits per heavy atom. The lowest BCUT2D eigenvalue weighted by atomic mass is 10.1. The number of aromatic carboxylic acids is 1. The van der Waals surface area contributed by atoms with Crippen LogP contribution in [0.3, 0.4) is 0 Å². The highest BCUT2D eigenvalue weighted by Gasteiger charge is 2.32. The summed E-state index contributed by atoms with van der Waals surface area (Å²) in [5, 5.41) is 14.1. The maximum atomic E-state index is 11.4. The summed E-state index contributed by atoms with van der Waals surface area (Å²) in [7, 11) is 0. The van der Waals surface area contributed by atoms with Crippen molar-refractivity contribution in [2.75, 3.05) is 0 Å². The largest absolute Gasteiger partial charge is 0.478 e. The van der Waals surface area contributed by atoms with Gasteiger partial charge >= 0.3 is 5.97 Å². The average Bonchev–Trinajstić information content (AvgIpc) is 3.09. The summed E-state index contributed by atoms with van der Waals surface area (Å²) >= 11 is 0. The van der Waals surface area contributed by atoms with Gasteiger partial charge in [0.1, 0.15) is 0 Å². The lowest BCUT2D eigenvalue weighted by molar-refractivity contribution is 0.0698. The van der Waals surface area contributed by atoms with Crippen LogP contribution in [-0.2, 0) is 6.54 Å². The van der Waals surface area contributed by atoms with E-state index in [0.717, 1.165) is 24.6 Å². The van der Waals surface area contributed by atoms with Crippen molar-refractivity contribution in [2.45, 2.75) is 32.2 Å². The molecule has 0 bridgehead atoms. The van der Waals surface area contributed by atoms with E-state index in [1.807, 2.05) is 6.92 Å². The number of nitrogens with zero attached hydrogens (tertiary/aromatic N) is 2. The molecule has 0 unspecified atom stereocenters. The maximum absolute atomic E-state index is 11.4. The fourth-order valence-corrected chi connectivity index (χ4v) is 2.37. The third-order valence-corrected chi connectivity index (χ3v) is 3.27. The molecule has 0 radical (unpaired) electrons. The lowest BCUT2D eigenvalue weighted by Crippen LogP contribution is -2.10. The van der Waals surface area contributed by atoms with Crippen molar-refractivity contribution in [3.05, 3.63) is 27.7 Å². The quantitative estimate of drug-likeness (QED) is 0.856. The molecule has 2 N–H and O–H groups in total. The average molecular weight is 247 g/mol. The van der Waals surface area contributed by atoms with Crippen LogP contribution < -0.4 is 5.56 Å². The predicted molar refractivity (Wildman–Crippen MR) is 65.0 cm³/mol. The predicted octanol–water partition coefficient (Wildman–Crippen LogP) is 1.32. The molecule has 0 aliphatic heterocycles. The molecular weight excluding hydrogens is 234 g/mol. The molecule has 1 aliphatic rings.